The molecule has 0 bridgehead atoms. The van der Waals surface area contributed by atoms with E-state index >= 15 is 0 Å². The number of urea groups is 1. The van der Waals surface area contributed by atoms with Crippen molar-refractivity contribution in [2.75, 3.05) is 42.8 Å². The third kappa shape index (κ3) is 7.27. The minimum Gasteiger partial charge on any atom is -0.505 e. The van der Waals surface area contributed by atoms with Gasteiger partial charge in [-0.05, 0) is 54.9 Å². The molecule has 16 heteroatoms. The third-order valence-corrected chi connectivity index (χ3v) is 7.59. The molecule has 1 aliphatic carbocycles. The number of benzene rings is 2. The van der Waals surface area contributed by atoms with Crippen LogP contribution in [0.25, 0.3) is 0 Å². The van der Waals surface area contributed by atoms with E-state index in [1.165, 1.54) is 6.07 Å². The summed E-state index contributed by atoms with van der Waals surface area (Å²) in [5, 5.41) is 57.3. The lowest BCUT2D eigenvalue weighted by Gasteiger charge is -2.37. The molecule has 0 saturated carbocycles. The number of carbonyl (C=O) groups excluding carboxylic acids is 4. The molecule has 0 heterocycles. The maximum absolute atomic E-state index is 13.7. The molecule has 8 N–H and O–H groups in total. The third-order valence-electron chi connectivity index (χ3n) is 7.59. The molecule has 1 aliphatic rings. The van der Waals surface area contributed by atoms with Gasteiger partial charge in [0.25, 0.3) is 0 Å². The topological polar surface area (TPSA) is 246 Å². The second kappa shape index (κ2) is 13.7. The number of nitro groups is 1. The molecule has 0 aliphatic heterocycles. The Morgan fingerprint density at radius 1 is 1.20 bits per heavy atom. The number of aliphatic hydroxyl groups is 3. The van der Waals surface area contributed by atoms with E-state index in [9.17, 15) is 54.1 Å². The van der Waals surface area contributed by atoms with Crippen molar-refractivity contribution < 1.29 is 48.9 Å². The number of nitrogens with one attached hydrogen (secondary N) is 2. The minimum atomic E-state index is -2.39. The molecular formula is C28H34FN5O10. The zero-order valence-electron chi connectivity index (χ0n) is 24.0. The summed E-state index contributed by atoms with van der Waals surface area (Å²) in [5.74, 6) is -5.72. The number of aromatic hydroxyl groups is 1. The van der Waals surface area contributed by atoms with Crippen molar-refractivity contribution in [3.8, 4) is 5.75 Å². The van der Waals surface area contributed by atoms with E-state index in [2.05, 4.69) is 10.6 Å². The number of phenols is 1. The quantitative estimate of drug-likeness (QED) is 0.0732. The molecule has 15 nitrogen and oxygen atoms in total. The Hall–Kier alpha value is -4.67. The fraction of sp³-hybridized carbons (Fsp3) is 0.429. The van der Waals surface area contributed by atoms with Crippen molar-refractivity contribution in [3.63, 3.8) is 0 Å². The number of anilines is 3. The van der Waals surface area contributed by atoms with Crippen LogP contribution in [-0.4, -0.2) is 81.8 Å². The van der Waals surface area contributed by atoms with Gasteiger partial charge in [0.1, 0.15) is 11.4 Å². The Balaban J connectivity index is 1.91. The molecule has 0 unspecified atom stereocenters. The number of amides is 3. The van der Waals surface area contributed by atoms with Gasteiger partial charge in [-0.15, -0.1) is 0 Å². The number of carbonyl (C=O) groups is 4. The lowest BCUT2D eigenvalue weighted by atomic mass is 9.71. The SMILES string of the molecule is CN(C)c1cc(NC(=O)Nc2ccc(F)c([N+](=O)[O-])c2)c(O)c2c1C[C@@H](C[C@@H](CCO)[C@](O)(CO)C(=O)CC(N)=O)CC2=O. The molecule has 3 atom stereocenters. The number of hydrogen-bond acceptors (Lipinski definition) is 11. The monoisotopic (exact) mass is 619 g/mol. The second-order valence-corrected chi connectivity index (χ2v) is 10.8. The number of ketones is 2. The molecule has 0 aromatic heterocycles. The van der Waals surface area contributed by atoms with Gasteiger partial charge in [0.15, 0.2) is 11.6 Å². The predicted molar refractivity (Wildman–Crippen MR) is 155 cm³/mol. The van der Waals surface area contributed by atoms with E-state index in [0.717, 1.165) is 18.2 Å². The average Bonchev–Trinajstić information content (AvgIpc) is 2.93. The van der Waals surface area contributed by atoms with Crippen LogP contribution >= 0.6 is 0 Å². The maximum atomic E-state index is 13.7. The Bertz CT molecular complexity index is 1480. The highest BCUT2D eigenvalue weighted by molar-refractivity contribution is 6.08. The number of Topliss-reactive ketones (excluding diaryl/α,β-unsaturated/α-hetero) is 2. The molecule has 2 aromatic rings. The van der Waals surface area contributed by atoms with Crippen molar-refractivity contribution >= 4 is 46.3 Å². The first-order chi connectivity index (χ1) is 20.6. The summed E-state index contributed by atoms with van der Waals surface area (Å²) in [5.41, 5.74) is 2.37. The van der Waals surface area contributed by atoms with E-state index in [1.54, 1.807) is 19.0 Å². The van der Waals surface area contributed by atoms with E-state index in [-0.39, 0.29) is 42.6 Å². The minimum absolute atomic E-state index is 0.00680. The van der Waals surface area contributed by atoms with Crippen molar-refractivity contribution in [2.24, 2.45) is 17.6 Å². The number of rotatable bonds is 13. The van der Waals surface area contributed by atoms with Crippen LogP contribution in [0.3, 0.4) is 0 Å². The van der Waals surface area contributed by atoms with Gasteiger partial charge in [-0.1, -0.05) is 0 Å². The van der Waals surface area contributed by atoms with Crippen LogP contribution < -0.4 is 21.3 Å². The molecule has 44 heavy (non-hydrogen) atoms. The summed E-state index contributed by atoms with van der Waals surface area (Å²) in [7, 11) is 3.31. The van der Waals surface area contributed by atoms with E-state index in [4.69, 9.17) is 5.73 Å². The van der Waals surface area contributed by atoms with Gasteiger partial charge in [0, 0.05) is 44.6 Å². The molecule has 2 aromatic carbocycles. The summed E-state index contributed by atoms with van der Waals surface area (Å²) in [6, 6.07) is 3.20. The molecule has 0 radical (unpaired) electrons. The molecule has 3 amide bonds. The number of nitro benzene ring substituents is 1. The van der Waals surface area contributed by atoms with E-state index in [0.29, 0.717) is 11.3 Å². The fourth-order valence-electron chi connectivity index (χ4n) is 5.47. The maximum Gasteiger partial charge on any atom is 0.323 e. The zero-order chi connectivity index (χ0) is 32.9. The number of nitrogens with zero attached hydrogens (tertiary/aromatic N) is 2. The average molecular weight is 620 g/mol. The highest BCUT2D eigenvalue weighted by Gasteiger charge is 2.45. The van der Waals surface area contributed by atoms with Crippen molar-refractivity contribution in [1.82, 2.24) is 0 Å². The van der Waals surface area contributed by atoms with Gasteiger partial charge in [-0.2, -0.15) is 4.39 Å². The van der Waals surface area contributed by atoms with Gasteiger partial charge >= 0.3 is 11.7 Å². The molecule has 3 rings (SSSR count). The van der Waals surface area contributed by atoms with Crippen LogP contribution in [0, 0.1) is 27.8 Å². The van der Waals surface area contributed by atoms with Gasteiger partial charge < -0.3 is 41.7 Å². The van der Waals surface area contributed by atoms with Crippen LogP contribution in [0.5, 0.6) is 5.75 Å². The molecule has 238 valence electrons. The summed E-state index contributed by atoms with van der Waals surface area (Å²) in [4.78, 5) is 61.7. The number of aliphatic hydroxyl groups excluding tert-OH is 2. The molecule has 0 spiro atoms. The Morgan fingerprint density at radius 3 is 2.45 bits per heavy atom. The highest BCUT2D eigenvalue weighted by atomic mass is 19.1. The van der Waals surface area contributed by atoms with Crippen molar-refractivity contribution in [3.05, 3.63) is 51.3 Å². The van der Waals surface area contributed by atoms with Crippen LogP contribution in [0.15, 0.2) is 24.3 Å². The molecule has 0 fully saturated rings. The van der Waals surface area contributed by atoms with Crippen LogP contribution in [0.4, 0.5) is 31.9 Å². The number of fused-ring (bicyclic) bond motifs is 1. The summed E-state index contributed by atoms with van der Waals surface area (Å²) in [6.45, 7) is -1.49. The summed E-state index contributed by atoms with van der Waals surface area (Å²) >= 11 is 0. The predicted octanol–water partition coefficient (Wildman–Crippen LogP) is 1.45. The van der Waals surface area contributed by atoms with Gasteiger partial charge in [0.05, 0.1) is 29.2 Å². The Labute approximate surface area is 250 Å². The molecule has 0 saturated heterocycles. The van der Waals surface area contributed by atoms with Gasteiger partial charge in [-0.3, -0.25) is 24.5 Å². The number of halogens is 1. The van der Waals surface area contributed by atoms with Crippen LogP contribution in [0.1, 0.15) is 41.6 Å². The normalized spacial score (nSPS) is 16.3. The van der Waals surface area contributed by atoms with Crippen LogP contribution in [-0.2, 0) is 16.0 Å². The standard InChI is InChI=1S/C28H34FN5O10/c1-33(2)20-11-19(32-27(41)31-16-3-4-18(29)21(10-16)34(43)44)26(40)25-17(20)8-14(9-22(25)37)7-15(5-6-35)28(42,13-36)23(38)12-24(30)39/h3-4,10-11,14-15,35-36,40,42H,5-9,12-13H2,1-2H3,(H2,30,39)(H2,31,32,41)/t14-,15-,28-/m1/s1. The summed E-state index contributed by atoms with van der Waals surface area (Å²) in [6.07, 6.45) is -0.949. The van der Waals surface area contributed by atoms with Crippen LogP contribution in [0.2, 0.25) is 0 Å². The first-order valence-corrected chi connectivity index (χ1v) is 13.5. The molecular weight excluding hydrogens is 585 g/mol. The summed E-state index contributed by atoms with van der Waals surface area (Å²) < 4.78 is 13.7. The smallest absolute Gasteiger partial charge is 0.323 e. The Morgan fingerprint density at radius 2 is 1.89 bits per heavy atom. The van der Waals surface area contributed by atoms with Gasteiger partial charge in [-0.25, -0.2) is 4.79 Å². The zero-order valence-corrected chi connectivity index (χ0v) is 24.0. The number of nitrogens with two attached hydrogens (primary N) is 1. The first kappa shape index (κ1) is 33.8. The van der Waals surface area contributed by atoms with E-state index < -0.39 is 82.8 Å². The number of phenolic OH excluding ortho intramolecular Hbond substituents is 1. The lowest BCUT2D eigenvalue weighted by Crippen LogP contribution is -2.51. The lowest BCUT2D eigenvalue weighted by molar-refractivity contribution is -0.387. The number of hydrogen-bond donors (Lipinski definition) is 7. The number of primary amides is 1. The van der Waals surface area contributed by atoms with E-state index in [1.807, 2.05) is 0 Å². The second-order valence-electron chi connectivity index (χ2n) is 10.8. The van der Waals surface area contributed by atoms with Gasteiger partial charge in [0.2, 0.25) is 11.7 Å². The van der Waals surface area contributed by atoms with Crippen molar-refractivity contribution in [2.45, 2.75) is 37.7 Å². The Kier molecular flexibility index (Phi) is 10.6. The largest absolute Gasteiger partial charge is 0.505 e. The van der Waals surface area contributed by atoms with Crippen molar-refractivity contribution in [1.29, 1.82) is 0 Å². The highest BCUT2D eigenvalue weighted by Crippen LogP contribution is 2.44. The fourth-order valence-corrected chi connectivity index (χ4v) is 5.47. The first-order valence-electron chi connectivity index (χ1n) is 13.5.